The molecule has 6 nitrogen and oxygen atoms in total. The van der Waals surface area contributed by atoms with E-state index in [0.29, 0.717) is 23.7 Å². The van der Waals surface area contributed by atoms with Gasteiger partial charge in [-0.2, -0.15) is 0 Å². The summed E-state index contributed by atoms with van der Waals surface area (Å²) in [5.41, 5.74) is 2.72. The Balaban J connectivity index is 1.83. The van der Waals surface area contributed by atoms with Crippen molar-refractivity contribution in [3.63, 3.8) is 0 Å². The predicted octanol–water partition coefficient (Wildman–Crippen LogP) is 3.36. The molecule has 1 atom stereocenters. The highest BCUT2D eigenvalue weighted by Crippen LogP contribution is 2.39. The SMILES string of the molecule is COc1ccc(-n2cnc3c2NC(=O)CC3c2ccccc2)c(OC)c1. The number of hydrogen-bond acceptors (Lipinski definition) is 4. The number of aromatic nitrogens is 2. The van der Waals surface area contributed by atoms with E-state index in [0.717, 1.165) is 16.9 Å². The Kier molecular flexibility index (Phi) is 4.08. The van der Waals surface area contributed by atoms with Gasteiger partial charge in [0.15, 0.2) is 0 Å². The van der Waals surface area contributed by atoms with Gasteiger partial charge in [-0.05, 0) is 17.7 Å². The van der Waals surface area contributed by atoms with Crippen LogP contribution in [0.4, 0.5) is 5.82 Å². The largest absolute Gasteiger partial charge is 0.497 e. The summed E-state index contributed by atoms with van der Waals surface area (Å²) in [6.45, 7) is 0. The molecule has 6 heteroatoms. The molecular formula is C20H19N3O3. The number of imidazole rings is 1. The first-order valence-corrected chi connectivity index (χ1v) is 8.35. The fraction of sp³-hybridized carbons (Fsp3) is 0.200. The number of ether oxygens (including phenoxy) is 2. The van der Waals surface area contributed by atoms with Crippen molar-refractivity contribution in [3.8, 4) is 17.2 Å². The molecule has 1 N–H and O–H groups in total. The van der Waals surface area contributed by atoms with Gasteiger partial charge < -0.3 is 14.8 Å². The fourth-order valence-corrected chi connectivity index (χ4v) is 3.33. The lowest BCUT2D eigenvalue weighted by Crippen LogP contribution is -2.24. The molecule has 1 aliphatic rings. The second-order valence-electron chi connectivity index (χ2n) is 6.10. The molecule has 1 aliphatic heterocycles. The van der Waals surface area contributed by atoms with Gasteiger partial charge >= 0.3 is 0 Å². The highest BCUT2D eigenvalue weighted by molar-refractivity contribution is 5.94. The van der Waals surface area contributed by atoms with E-state index < -0.39 is 0 Å². The standard InChI is InChI=1S/C20H19N3O3/c1-25-14-8-9-16(17(10-14)26-2)23-12-21-19-15(11-18(24)22-20(19)23)13-6-4-3-5-7-13/h3-10,12,15H,11H2,1-2H3,(H,22,24). The predicted molar refractivity (Wildman–Crippen MR) is 98.2 cm³/mol. The average Bonchev–Trinajstić information content (AvgIpc) is 3.11. The van der Waals surface area contributed by atoms with Gasteiger partial charge in [-0.1, -0.05) is 30.3 Å². The zero-order chi connectivity index (χ0) is 18.1. The van der Waals surface area contributed by atoms with Crippen LogP contribution in [0.2, 0.25) is 0 Å². The van der Waals surface area contributed by atoms with E-state index in [4.69, 9.17) is 9.47 Å². The highest BCUT2D eigenvalue weighted by atomic mass is 16.5. The Morgan fingerprint density at radius 2 is 1.92 bits per heavy atom. The smallest absolute Gasteiger partial charge is 0.226 e. The van der Waals surface area contributed by atoms with Gasteiger partial charge in [0, 0.05) is 18.4 Å². The lowest BCUT2D eigenvalue weighted by atomic mass is 9.90. The minimum absolute atomic E-state index is 0.0272. The van der Waals surface area contributed by atoms with Crippen LogP contribution in [-0.4, -0.2) is 29.7 Å². The summed E-state index contributed by atoms with van der Waals surface area (Å²) in [6, 6.07) is 15.5. The number of fused-ring (bicyclic) bond motifs is 1. The maximum absolute atomic E-state index is 12.3. The lowest BCUT2D eigenvalue weighted by molar-refractivity contribution is -0.116. The summed E-state index contributed by atoms with van der Waals surface area (Å²) in [5.74, 6) is 1.93. The van der Waals surface area contributed by atoms with Crippen LogP contribution in [0.1, 0.15) is 23.6 Å². The van der Waals surface area contributed by atoms with Crippen LogP contribution in [-0.2, 0) is 4.79 Å². The second kappa shape index (κ2) is 6.55. The molecule has 4 rings (SSSR count). The maximum atomic E-state index is 12.3. The van der Waals surface area contributed by atoms with E-state index in [-0.39, 0.29) is 11.8 Å². The molecule has 2 aromatic carbocycles. The number of amides is 1. The molecule has 0 aliphatic carbocycles. The van der Waals surface area contributed by atoms with Crippen molar-refractivity contribution in [2.75, 3.05) is 19.5 Å². The van der Waals surface area contributed by atoms with Crippen molar-refractivity contribution >= 4 is 11.7 Å². The van der Waals surface area contributed by atoms with Crippen LogP contribution < -0.4 is 14.8 Å². The first-order valence-electron chi connectivity index (χ1n) is 8.35. The van der Waals surface area contributed by atoms with Crippen LogP contribution in [0, 0.1) is 0 Å². The Labute approximate surface area is 151 Å². The number of hydrogen-bond donors (Lipinski definition) is 1. The van der Waals surface area contributed by atoms with E-state index in [1.165, 1.54) is 0 Å². The summed E-state index contributed by atoms with van der Waals surface area (Å²) in [7, 11) is 3.21. The van der Waals surface area contributed by atoms with Crippen LogP contribution in [0.25, 0.3) is 5.69 Å². The molecule has 0 radical (unpaired) electrons. The number of carbonyl (C=O) groups is 1. The van der Waals surface area contributed by atoms with E-state index >= 15 is 0 Å². The molecule has 3 aromatic rings. The number of rotatable bonds is 4. The molecule has 0 fully saturated rings. The molecule has 1 amide bonds. The zero-order valence-corrected chi connectivity index (χ0v) is 14.6. The number of methoxy groups -OCH3 is 2. The minimum atomic E-state index is -0.0644. The average molecular weight is 349 g/mol. The van der Waals surface area contributed by atoms with E-state index in [9.17, 15) is 4.79 Å². The zero-order valence-electron chi connectivity index (χ0n) is 14.6. The molecule has 2 heterocycles. The normalized spacial score (nSPS) is 15.9. The molecule has 1 unspecified atom stereocenters. The molecule has 132 valence electrons. The second-order valence-corrected chi connectivity index (χ2v) is 6.10. The molecule has 0 bridgehead atoms. The lowest BCUT2D eigenvalue weighted by Gasteiger charge is -2.23. The summed E-state index contributed by atoms with van der Waals surface area (Å²) in [6.07, 6.45) is 2.10. The third kappa shape index (κ3) is 2.69. The van der Waals surface area contributed by atoms with Gasteiger partial charge in [-0.3, -0.25) is 9.36 Å². The number of nitrogens with one attached hydrogen (secondary N) is 1. The van der Waals surface area contributed by atoms with Crippen molar-refractivity contribution in [2.24, 2.45) is 0 Å². The number of benzene rings is 2. The van der Waals surface area contributed by atoms with Crippen molar-refractivity contribution in [1.82, 2.24) is 9.55 Å². The Morgan fingerprint density at radius 3 is 2.65 bits per heavy atom. The topological polar surface area (TPSA) is 65.4 Å². The Bertz CT molecular complexity index is 950. The van der Waals surface area contributed by atoms with Gasteiger partial charge in [-0.25, -0.2) is 4.98 Å². The van der Waals surface area contributed by atoms with Gasteiger partial charge in [0.25, 0.3) is 0 Å². The molecule has 0 saturated heterocycles. The first-order chi connectivity index (χ1) is 12.7. The van der Waals surface area contributed by atoms with Crippen LogP contribution in [0.3, 0.4) is 0 Å². The maximum Gasteiger partial charge on any atom is 0.226 e. The van der Waals surface area contributed by atoms with Crippen molar-refractivity contribution in [1.29, 1.82) is 0 Å². The quantitative estimate of drug-likeness (QED) is 0.784. The van der Waals surface area contributed by atoms with Gasteiger partial charge in [0.2, 0.25) is 5.91 Å². The number of anilines is 1. The molecule has 0 saturated carbocycles. The first kappa shape index (κ1) is 16.2. The summed E-state index contributed by atoms with van der Waals surface area (Å²) in [4.78, 5) is 16.9. The summed E-state index contributed by atoms with van der Waals surface area (Å²) in [5, 5.41) is 2.96. The molecule has 1 aromatic heterocycles. The van der Waals surface area contributed by atoms with Crippen molar-refractivity contribution in [2.45, 2.75) is 12.3 Å². The minimum Gasteiger partial charge on any atom is -0.497 e. The van der Waals surface area contributed by atoms with E-state index in [2.05, 4.69) is 10.3 Å². The molecular weight excluding hydrogens is 330 g/mol. The fourth-order valence-electron chi connectivity index (χ4n) is 3.33. The third-order valence-corrected chi connectivity index (χ3v) is 4.62. The van der Waals surface area contributed by atoms with Crippen molar-refractivity contribution in [3.05, 3.63) is 66.1 Å². The van der Waals surface area contributed by atoms with Crippen LogP contribution >= 0.6 is 0 Å². The van der Waals surface area contributed by atoms with Crippen LogP contribution in [0.15, 0.2) is 54.9 Å². The summed E-state index contributed by atoms with van der Waals surface area (Å²) >= 11 is 0. The van der Waals surface area contributed by atoms with Gasteiger partial charge in [0.1, 0.15) is 23.6 Å². The number of nitrogens with zero attached hydrogens (tertiary/aromatic N) is 2. The van der Waals surface area contributed by atoms with Crippen molar-refractivity contribution < 1.29 is 14.3 Å². The van der Waals surface area contributed by atoms with Gasteiger partial charge in [0.05, 0.1) is 25.6 Å². The van der Waals surface area contributed by atoms with Gasteiger partial charge in [-0.15, -0.1) is 0 Å². The third-order valence-electron chi connectivity index (χ3n) is 4.62. The number of carbonyl (C=O) groups excluding carboxylic acids is 1. The monoisotopic (exact) mass is 349 g/mol. The highest BCUT2D eigenvalue weighted by Gasteiger charge is 2.31. The Hall–Kier alpha value is -3.28. The Morgan fingerprint density at radius 1 is 1.12 bits per heavy atom. The molecule has 0 spiro atoms. The van der Waals surface area contributed by atoms with Crippen LogP contribution in [0.5, 0.6) is 11.5 Å². The van der Waals surface area contributed by atoms with E-state index in [1.807, 2.05) is 47.0 Å². The summed E-state index contributed by atoms with van der Waals surface area (Å²) < 4.78 is 12.6. The molecule has 26 heavy (non-hydrogen) atoms. The van der Waals surface area contributed by atoms with E-state index in [1.54, 1.807) is 26.6 Å².